The molecule has 0 aliphatic heterocycles. The van der Waals surface area contributed by atoms with Crippen molar-refractivity contribution in [2.75, 3.05) is 5.75 Å². The van der Waals surface area contributed by atoms with Crippen LogP contribution in [0, 0.1) is 11.6 Å². The van der Waals surface area contributed by atoms with Crippen molar-refractivity contribution in [1.29, 1.82) is 0 Å². The Morgan fingerprint density at radius 2 is 1.90 bits per heavy atom. The maximum absolute atomic E-state index is 13.5. The molecule has 1 aromatic carbocycles. The number of sulfone groups is 1. The number of aryl methyl sites for hydroxylation is 1. The molecular formula is C14H12F2O3S2. The maximum Gasteiger partial charge on any atom is 0.188 e. The van der Waals surface area contributed by atoms with Gasteiger partial charge in [-0.15, -0.1) is 11.3 Å². The van der Waals surface area contributed by atoms with Crippen molar-refractivity contribution < 1.29 is 22.0 Å². The van der Waals surface area contributed by atoms with E-state index in [1.807, 2.05) is 6.92 Å². The Balaban J connectivity index is 2.26. The van der Waals surface area contributed by atoms with Crippen LogP contribution in [0.15, 0.2) is 35.2 Å². The summed E-state index contributed by atoms with van der Waals surface area (Å²) in [7, 11) is -4.14. The summed E-state index contributed by atoms with van der Waals surface area (Å²) in [6.07, 6.45) is 0.747. The zero-order chi connectivity index (χ0) is 15.6. The van der Waals surface area contributed by atoms with Gasteiger partial charge in [0.15, 0.2) is 15.6 Å². The molecular weight excluding hydrogens is 318 g/mol. The van der Waals surface area contributed by atoms with Gasteiger partial charge in [-0.1, -0.05) is 6.92 Å². The van der Waals surface area contributed by atoms with E-state index in [0.29, 0.717) is 10.9 Å². The second kappa shape index (κ2) is 6.03. The largest absolute Gasteiger partial charge is 0.292 e. The molecule has 2 aromatic rings. The van der Waals surface area contributed by atoms with Gasteiger partial charge in [-0.25, -0.2) is 17.2 Å². The number of benzene rings is 1. The summed E-state index contributed by atoms with van der Waals surface area (Å²) in [5.74, 6) is -3.49. The molecule has 2 rings (SSSR count). The molecule has 0 saturated carbocycles. The zero-order valence-electron chi connectivity index (χ0n) is 11.1. The summed E-state index contributed by atoms with van der Waals surface area (Å²) in [6, 6.07) is 5.48. The molecule has 0 atom stereocenters. The molecule has 0 aliphatic rings. The summed E-state index contributed by atoms with van der Waals surface area (Å²) >= 11 is 1.22. The number of Topliss-reactive ketones (excluding diaryl/α,β-unsaturated/α-hetero) is 1. The molecule has 3 nitrogen and oxygen atoms in total. The summed E-state index contributed by atoms with van der Waals surface area (Å²) in [5.41, 5.74) is 0. The molecule has 0 spiro atoms. The summed E-state index contributed by atoms with van der Waals surface area (Å²) < 4.78 is 50.4. The van der Waals surface area contributed by atoms with E-state index in [1.54, 1.807) is 12.1 Å². The van der Waals surface area contributed by atoms with Crippen molar-refractivity contribution in [2.45, 2.75) is 18.2 Å². The lowest BCUT2D eigenvalue weighted by Gasteiger charge is -2.04. The van der Waals surface area contributed by atoms with E-state index in [2.05, 4.69) is 0 Å². The number of hydrogen-bond donors (Lipinski definition) is 0. The van der Waals surface area contributed by atoms with Gasteiger partial charge in [-0.05, 0) is 30.7 Å². The minimum atomic E-state index is -4.14. The standard InChI is InChI=1S/C14H12F2O3S2/c1-2-10-4-5-13(20-10)12(17)8-21(18,19)14-6-3-9(15)7-11(14)16/h3-7H,2,8H2,1H3. The van der Waals surface area contributed by atoms with Gasteiger partial charge in [0.05, 0.1) is 4.88 Å². The van der Waals surface area contributed by atoms with Gasteiger partial charge < -0.3 is 0 Å². The van der Waals surface area contributed by atoms with Crippen LogP contribution in [0.4, 0.5) is 8.78 Å². The Hall–Kier alpha value is -1.60. The first-order chi connectivity index (χ1) is 9.83. The fourth-order valence-electron chi connectivity index (χ4n) is 1.77. The quantitative estimate of drug-likeness (QED) is 0.625. The van der Waals surface area contributed by atoms with Gasteiger partial charge in [0.1, 0.15) is 22.3 Å². The summed E-state index contributed by atoms with van der Waals surface area (Å²) in [6.45, 7) is 1.92. The fourth-order valence-corrected chi connectivity index (χ4v) is 4.03. The Labute approximate surface area is 125 Å². The Morgan fingerprint density at radius 3 is 2.48 bits per heavy atom. The molecule has 1 heterocycles. The molecule has 0 amide bonds. The summed E-state index contributed by atoms with van der Waals surface area (Å²) in [5, 5.41) is 0. The van der Waals surface area contributed by atoms with Crippen molar-refractivity contribution in [1.82, 2.24) is 0 Å². The number of hydrogen-bond acceptors (Lipinski definition) is 4. The first-order valence-corrected chi connectivity index (χ1v) is 8.60. The van der Waals surface area contributed by atoms with E-state index in [1.165, 1.54) is 11.3 Å². The number of thiophene rings is 1. The molecule has 0 aliphatic carbocycles. The Morgan fingerprint density at radius 1 is 1.19 bits per heavy atom. The second-order valence-corrected chi connectivity index (χ2v) is 7.50. The predicted molar refractivity (Wildman–Crippen MR) is 76.4 cm³/mol. The Bertz CT molecular complexity index is 779. The lowest BCUT2D eigenvalue weighted by Crippen LogP contribution is -2.16. The van der Waals surface area contributed by atoms with Crippen LogP contribution < -0.4 is 0 Å². The third kappa shape index (κ3) is 3.54. The topological polar surface area (TPSA) is 51.2 Å². The van der Waals surface area contributed by atoms with Crippen molar-refractivity contribution in [2.24, 2.45) is 0 Å². The normalized spacial score (nSPS) is 11.6. The van der Waals surface area contributed by atoms with Gasteiger partial charge in [-0.3, -0.25) is 4.79 Å². The number of rotatable bonds is 5. The van der Waals surface area contributed by atoms with Gasteiger partial charge in [0.2, 0.25) is 0 Å². The van der Waals surface area contributed by atoms with E-state index in [0.717, 1.165) is 23.4 Å². The highest BCUT2D eigenvalue weighted by molar-refractivity contribution is 7.92. The van der Waals surface area contributed by atoms with Crippen molar-refractivity contribution in [3.63, 3.8) is 0 Å². The van der Waals surface area contributed by atoms with E-state index in [9.17, 15) is 22.0 Å². The Kier molecular flexibility index (Phi) is 4.53. The van der Waals surface area contributed by atoms with Crippen LogP contribution in [-0.4, -0.2) is 20.0 Å². The monoisotopic (exact) mass is 330 g/mol. The van der Waals surface area contributed by atoms with Gasteiger partial charge >= 0.3 is 0 Å². The fraction of sp³-hybridized carbons (Fsp3) is 0.214. The third-order valence-electron chi connectivity index (χ3n) is 2.84. The van der Waals surface area contributed by atoms with E-state index in [-0.39, 0.29) is 0 Å². The highest BCUT2D eigenvalue weighted by Crippen LogP contribution is 2.21. The zero-order valence-corrected chi connectivity index (χ0v) is 12.7. The molecule has 0 fully saturated rings. The summed E-state index contributed by atoms with van der Waals surface area (Å²) in [4.78, 5) is 12.6. The van der Waals surface area contributed by atoms with Crippen LogP contribution in [-0.2, 0) is 16.3 Å². The smallest absolute Gasteiger partial charge is 0.188 e. The SMILES string of the molecule is CCc1ccc(C(=O)CS(=O)(=O)c2ccc(F)cc2F)s1. The predicted octanol–water partition coefficient (Wildman–Crippen LogP) is 3.25. The van der Waals surface area contributed by atoms with Gasteiger partial charge in [0.25, 0.3) is 0 Å². The molecule has 0 radical (unpaired) electrons. The van der Waals surface area contributed by atoms with Crippen LogP contribution >= 0.6 is 11.3 Å². The van der Waals surface area contributed by atoms with Crippen molar-refractivity contribution in [3.05, 3.63) is 51.7 Å². The van der Waals surface area contributed by atoms with Crippen molar-refractivity contribution >= 4 is 27.0 Å². The van der Waals surface area contributed by atoms with Gasteiger partial charge in [0, 0.05) is 10.9 Å². The third-order valence-corrected chi connectivity index (χ3v) is 5.75. The molecule has 21 heavy (non-hydrogen) atoms. The molecule has 0 bridgehead atoms. The second-order valence-electron chi connectivity index (χ2n) is 4.38. The van der Waals surface area contributed by atoms with Crippen LogP contribution in [0.1, 0.15) is 21.5 Å². The molecule has 1 aromatic heterocycles. The van der Waals surface area contributed by atoms with E-state index >= 15 is 0 Å². The number of carbonyl (C=O) groups is 1. The highest BCUT2D eigenvalue weighted by Gasteiger charge is 2.24. The minimum Gasteiger partial charge on any atom is -0.292 e. The molecule has 7 heteroatoms. The average Bonchev–Trinajstić information content (AvgIpc) is 2.86. The lowest BCUT2D eigenvalue weighted by molar-refractivity contribution is 0.102. The first kappa shape index (κ1) is 15.8. The molecule has 0 saturated heterocycles. The maximum atomic E-state index is 13.5. The first-order valence-electron chi connectivity index (χ1n) is 6.13. The number of ketones is 1. The van der Waals surface area contributed by atoms with Crippen LogP contribution in [0.2, 0.25) is 0 Å². The van der Waals surface area contributed by atoms with Gasteiger partial charge in [-0.2, -0.15) is 0 Å². The molecule has 0 unspecified atom stereocenters. The number of carbonyl (C=O) groups excluding carboxylic acids is 1. The average molecular weight is 330 g/mol. The minimum absolute atomic E-state index is 0.318. The van der Waals surface area contributed by atoms with Crippen molar-refractivity contribution in [3.8, 4) is 0 Å². The van der Waals surface area contributed by atoms with E-state index < -0.39 is 37.9 Å². The molecule has 112 valence electrons. The number of halogens is 2. The van der Waals surface area contributed by atoms with Crippen LogP contribution in [0.25, 0.3) is 0 Å². The molecule has 0 N–H and O–H groups in total. The van der Waals surface area contributed by atoms with Crippen LogP contribution in [0.5, 0.6) is 0 Å². The van der Waals surface area contributed by atoms with Crippen LogP contribution in [0.3, 0.4) is 0 Å². The van der Waals surface area contributed by atoms with E-state index in [4.69, 9.17) is 0 Å². The lowest BCUT2D eigenvalue weighted by atomic mass is 10.3. The highest BCUT2D eigenvalue weighted by atomic mass is 32.2.